The van der Waals surface area contributed by atoms with Crippen molar-refractivity contribution in [2.24, 2.45) is 0 Å². The third kappa shape index (κ3) is 2.25. The summed E-state index contributed by atoms with van der Waals surface area (Å²) in [6.45, 7) is 1.93. The van der Waals surface area contributed by atoms with Crippen LogP contribution in [0.5, 0.6) is 0 Å². The number of rotatable bonds is 4. The van der Waals surface area contributed by atoms with Crippen molar-refractivity contribution < 1.29 is 4.42 Å². The Labute approximate surface area is 136 Å². The zero-order valence-electron chi connectivity index (χ0n) is 12.8. The van der Waals surface area contributed by atoms with Crippen LogP contribution in [0.1, 0.15) is 5.56 Å². The number of oxazole rings is 1. The molecule has 6 heteroatoms. The quantitative estimate of drug-likeness (QED) is 0.562. The summed E-state index contributed by atoms with van der Waals surface area (Å²) >= 11 is 0. The minimum Gasteiger partial charge on any atom is -0.443 e. The molecule has 24 heavy (non-hydrogen) atoms. The maximum absolute atomic E-state index is 11.9. The van der Waals surface area contributed by atoms with Gasteiger partial charge in [0, 0.05) is 17.4 Å². The van der Waals surface area contributed by atoms with Gasteiger partial charge in [-0.2, -0.15) is 0 Å². The standard InChI is InChI=1S/C18H13N3O3/c1-10-4-2-3-5-12(10)21-16-15(17(22)18(16)23)20-11-6-7-13-14(8-11)24-9-19-13/h2-9,20-21H,1H3. The number of hydrogen-bond acceptors (Lipinski definition) is 6. The van der Waals surface area contributed by atoms with Crippen molar-refractivity contribution in [3.05, 3.63) is 74.9 Å². The summed E-state index contributed by atoms with van der Waals surface area (Å²) in [6.07, 6.45) is 1.36. The predicted octanol–water partition coefficient (Wildman–Crippen LogP) is 3.22. The second kappa shape index (κ2) is 5.34. The van der Waals surface area contributed by atoms with Crippen LogP contribution in [-0.2, 0) is 0 Å². The molecule has 6 nitrogen and oxygen atoms in total. The van der Waals surface area contributed by atoms with E-state index in [0.29, 0.717) is 11.3 Å². The highest BCUT2D eigenvalue weighted by Gasteiger charge is 2.21. The van der Waals surface area contributed by atoms with E-state index in [0.717, 1.165) is 16.8 Å². The first-order valence-electron chi connectivity index (χ1n) is 7.40. The Morgan fingerprint density at radius 1 is 0.958 bits per heavy atom. The van der Waals surface area contributed by atoms with Crippen molar-refractivity contribution >= 4 is 33.8 Å². The van der Waals surface area contributed by atoms with E-state index >= 15 is 0 Å². The molecule has 1 aromatic heterocycles. The summed E-state index contributed by atoms with van der Waals surface area (Å²) in [5, 5.41) is 6.03. The van der Waals surface area contributed by atoms with E-state index in [2.05, 4.69) is 15.6 Å². The summed E-state index contributed by atoms with van der Waals surface area (Å²) in [6, 6.07) is 12.9. The van der Waals surface area contributed by atoms with Gasteiger partial charge in [0.25, 0.3) is 10.9 Å². The third-order valence-electron chi connectivity index (χ3n) is 3.92. The monoisotopic (exact) mass is 319 g/mol. The molecule has 0 fully saturated rings. The van der Waals surface area contributed by atoms with Crippen LogP contribution in [0.15, 0.2) is 62.9 Å². The Kier molecular flexibility index (Phi) is 3.16. The summed E-state index contributed by atoms with van der Waals surface area (Å²) in [5.74, 6) is 0. The van der Waals surface area contributed by atoms with E-state index in [1.54, 1.807) is 18.2 Å². The molecular weight excluding hydrogens is 306 g/mol. The van der Waals surface area contributed by atoms with Crippen LogP contribution >= 0.6 is 0 Å². The highest BCUT2D eigenvalue weighted by atomic mass is 16.3. The summed E-state index contributed by atoms with van der Waals surface area (Å²) < 4.78 is 5.24. The minimum absolute atomic E-state index is 0.252. The average Bonchev–Trinajstić information content (AvgIpc) is 3.06. The molecule has 0 radical (unpaired) electrons. The van der Waals surface area contributed by atoms with Gasteiger partial charge in [-0.05, 0) is 30.7 Å². The lowest BCUT2D eigenvalue weighted by molar-refractivity contribution is 0.602. The number of aromatic nitrogens is 1. The van der Waals surface area contributed by atoms with Crippen molar-refractivity contribution in [3.63, 3.8) is 0 Å². The maximum atomic E-state index is 11.9. The molecule has 118 valence electrons. The predicted molar refractivity (Wildman–Crippen MR) is 93.1 cm³/mol. The van der Waals surface area contributed by atoms with E-state index < -0.39 is 10.9 Å². The van der Waals surface area contributed by atoms with Crippen LogP contribution in [0.25, 0.3) is 11.1 Å². The topological polar surface area (TPSA) is 84.2 Å². The second-order valence-electron chi connectivity index (χ2n) is 5.51. The molecule has 0 bridgehead atoms. The zero-order valence-corrected chi connectivity index (χ0v) is 12.8. The van der Waals surface area contributed by atoms with E-state index in [4.69, 9.17) is 4.42 Å². The summed E-state index contributed by atoms with van der Waals surface area (Å²) in [5.41, 5.74) is 3.22. The fourth-order valence-corrected chi connectivity index (χ4v) is 2.56. The molecule has 0 amide bonds. The van der Waals surface area contributed by atoms with Gasteiger partial charge in [-0.25, -0.2) is 4.98 Å². The van der Waals surface area contributed by atoms with E-state index in [1.165, 1.54) is 6.39 Å². The van der Waals surface area contributed by atoms with Crippen molar-refractivity contribution in [3.8, 4) is 0 Å². The number of aryl methyl sites for hydroxylation is 1. The van der Waals surface area contributed by atoms with Gasteiger partial charge in [0.2, 0.25) is 0 Å². The average molecular weight is 319 g/mol. The fraction of sp³-hybridized carbons (Fsp3) is 0.0556. The SMILES string of the molecule is Cc1ccccc1Nc1c(Nc2ccc3ncoc3c2)c(=O)c1=O. The Balaban J connectivity index is 1.67. The van der Waals surface area contributed by atoms with Gasteiger partial charge in [-0.3, -0.25) is 9.59 Å². The van der Waals surface area contributed by atoms with Crippen molar-refractivity contribution in [2.45, 2.75) is 6.92 Å². The fourth-order valence-electron chi connectivity index (χ4n) is 2.56. The molecule has 0 aliphatic heterocycles. The van der Waals surface area contributed by atoms with Gasteiger partial charge in [-0.15, -0.1) is 0 Å². The Bertz CT molecular complexity index is 1120. The van der Waals surface area contributed by atoms with Crippen molar-refractivity contribution in [1.82, 2.24) is 4.98 Å². The second-order valence-corrected chi connectivity index (χ2v) is 5.51. The Hall–Kier alpha value is -3.41. The number of benzene rings is 2. The smallest absolute Gasteiger partial charge is 0.253 e. The highest BCUT2D eigenvalue weighted by Crippen LogP contribution is 2.27. The largest absolute Gasteiger partial charge is 0.443 e. The van der Waals surface area contributed by atoms with Gasteiger partial charge >= 0.3 is 0 Å². The maximum Gasteiger partial charge on any atom is 0.253 e. The van der Waals surface area contributed by atoms with Gasteiger partial charge in [0.15, 0.2) is 12.0 Å². The molecule has 4 rings (SSSR count). The number of para-hydroxylation sites is 1. The van der Waals surface area contributed by atoms with Crippen molar-refractivity contribution in [1.29, 1.82) is 0 Å². The molecule has 0 aliphatic rings. The first kappa shape index (κ1) is 14.2. The van der Waals surface area contributed by atoms with Crippen molar-refractivity contribution in [2.75, 3.05) is 10.6 Å². The molecule has 0 saturated carbocycles. The minimum atomic E-state index is -0.538. The van der Waals surface area contributed by atoms with Crippen LogP contribution in [-0.4, -0.2) is 4.98 Å². The summed E-state index contributed by atoms with van der Waals surface area (Å²) in [4.78, 5) is 27.9. The van der Waals surface area contributed by atoms with E-state index in [9.17, 15) is 9.59 Å². The molecule has 0 aliphatic carbocycles. The number of nitrogens with zero attached hydrogens (tertiary/aromatic N) is 1. The molecule has 0 spiro atoms. The van der Waals surface area contributed by atoms with Crippen LogP contribution < -0.4 is 21.5 Å². The van der Waals surface area contributed by atoms with Crippen LogP contribution in [0, 0.1) is 6.92 Å². The lowest BCUT2D eigenvalue weighted by Crippen LogP contribution is -2.35. The van der Waals surface area contributed by atoms with E-state index in [-0.39, 0.29) is 11.4 Å². The third-order valence-corrected chi connectivity index (χ3v) is 3.92. The number of nitrogens with one attached hydrogen (secondary N) is 2. The first-order valence-corrected chi connectivity index (χ1v) is 7.40. The highest BCUT2D eigenvalue weighted by molar-refractivity contribution is 5.85. The van der Waals surface area contributed by atoms with Gasteiger partial charge in [0.1, 0.15) is 16.9 Å². The lowest BCUT2D eigenvalue weighted by Gasteiger charge is -2.16. The Morgan fingerprint density at radius 3 is 2.50 bits per heavy atom. The molecule has 4 aromatic rings. The first-order chi connectivity index (χ1) is 11.6. The van der Waals surface area contributed by atoms with Gasteiger partial charge in [-0.1, -0.05) is 18.2 Å². The van der Waals surface area contributed by atoms with Gasteiger partial charge < -0.3 is 15.1 Å². The molecular formula is C18H13N3O3. The number of anilines is 4. The summed E-state index contributed by atoms with van der Waals surface area (Å²) in [7, 11) is 0. The molecule has 1 heterocycles. The normalized spacial score (nSPS) is 11.0. The Morgan fingerprint density at radius 2 is 1.71 bits per heavy atom. The molecule has 0 atom stereocenters. The molecule has 0 saturated heterocycles. The molecule has 2 N–H and O–H groups in total. The molecule has 3 aromatic carbocycles. The molecule has 0 unspecified atom stereocenters. The van der Waals surface area contributed by atoms with Crippen LogP contribution in [0.2, 0.25) is 0 Å². The van der Waals surface area contributed by atoms with Crippen LogP contribution in [0.3, 0.4) is 0 Å². The number of fused-ring (bicyclic) bond motifs is 1. The van der Waals surface area contributed by atoms with Crippen LogP contribution in [0.4, 0.5) is 22.7 Å². The zero-order chi connectivity index (χ0) is 16.7. The number of hydrogen-bond donors (Lipinski definition) is 2. The van der Waals surface area contributed by atoms with E-state index in [1.807, 2.05) is 31.2 Å². The lowest BCUT2D eigenvalue weighted by atomic mass is 10.1. The van der Waals surface area contributed by atoms with Gasteiger partial charge in [0.05, 0.1) is 0 Å².